The molecule has 3 N–H and O–H groups in total. The number of rotatable bonds is 3. The zero-order chi connectivity index (χ0) is 14.2. The van der Waals surface area contributed by atoms with E-state index in [0.717, 1.165) is 12.1 Å². The number of aliphatic hydroxyl groups is 1. The Labute approximate surface area is 119 Å². The highest BCUT2D eigenvalue weighted by Crippen LogP contribution is 2.32. The Kier molecular flexibility index (Phi) is 4.14. The second-order valence-corrected chi connectivity index (χ2v) is 7.11. The highest BCUT2D eigenvalue weighted by Gasteiger charge is 2.36. The van der Waals surface area contributed by atoms with Crippen molar-refractivity contribution in [2.75, 3.05) is 18.9 Å². The predicted molar refractivity (Wildman–Crippen MR) is 72.5 cm³/mol. The molecular weight excluding hydrogens is 339 g/mol. The van der Waals surface area contributed by atoms with Crippen LogP contribution in [0, 0.1) is 5.82 Å². The van der Waals surface area contributed by atoms with E-state index in [-0.39, 0.29) is 21.7 Å². The third kappa shape index (κ3) is 2.62. The van der Waals surface area contributed by atoms with Gasteiger partial charge in [-0.1, -0.05) is 0 Å². The molecule has 1 aromatic carbocycles. The van der Waals surface area contributed by atoms with Gasteiger partial charge < -0.3 is 10.8 Å². The summed E-state index contributed by atoms with van der Waals surface area (Å²) in [5.41, 5.74) is 5.47. The Bertz CT molecular complexity index is 594. The van der Waals surface area contributed by atoms with E-state index in [2.05, 4.69) is 15.9 Å². The number of nitrogens with two attached hydrogens (primary N) is 1. The summed E-state index contributed by atoms with van der Waals surface area (Å²) in [6.07, 6.45) is 1.30. The third-order valence-corrected chi connectivity index (χ3v) is 5.79. The SMILES string of the molecule is Nc1cc(F)c(Br)cc1S(=O)(=O)N1CCC[C@H]1CO. The Morgan fingerprint density at radius 1 is 1.53 bits per heavy atom. The lowest BCUT2D eigenvalue weighted by Crippen LogP contribution is -2.37. The summed E-state index contributed by atoms with van der Waals surface area (Å²) in [6.45, 7) is 0.101. The summed E-state index contributed by atoms with van der Waals surface area (Å²) >= 11 is 2.95. The lowest BCUT2D eigenvalue weighted by molar-refractivity contribution is 0.213. The summed E-state index contributed by atoms with van der Waals surface area (Å²) < 4.78 is 39.5. The van der Waals surface area contributed by atoms with Crippen LogP contribution in [-0.4, -0.2) is 37.0 Å². The van der Waals surface area contributed by atoms with E-state index in [1.807, 2.05) is 0 Å². The van der Waals surface area contributed by atoms with Gasteiger partial charge in [0.1, 0.15) is 10.7 Å². The number of hydrogen-bond donors (Lipinski definition) is 2. The van der Waals surface area contributed by atoms with Crippen LogP contribution in [0.2, 0.25) is 0 Å². The first-order chi connectivity index (χ1) is 8.87. The van der Waals surface area contributed by atoms with Crippen LogP contribution in [0.4, 0.5) is 10.1 Å². The first kappa shape index (κ1) is 14.7. The van der Waals surface area contributed by atoms with Gasteiger partial charge in [0.2, 0.25) is 10.0 Å². The summed E-state index contributed by atoms with van der Waals surface area (Å²) in [7, 11) is -3.82. The van der Waals surface area contributed by atoms with Crippen LogP contribution in [0.25, 0.3) is 0 Å². The van der Waals surface area contributed by atoms with Gasteiger partial charge in [-0.05, 0) is 40.9 Å². The molecular formula is C11H14BrFN2O3S. The smallest absolute Gasteiger partial charge is 0.245 e. The van der Waals surface area contributed by atoms with Crippen molar-refractivity contribution in [3.63, 3.8) is 0 Å². The topological polar surface area (TPSA) is 83.6 Å². The molecule has 1 saturated heterocycles. The number of benzene rings is 1. The van der Waals surface area contributed by atoms with Crippen molar-refractivity contribution in [3.05, 3.63) is 22.4 Å². The van der Waals surface area contributed by atoms with Gasteiger partial charge >= 0.3 is 0 Å². The van der Waals surface area contributed by atoms with E-state index in [1.165, 1.54) is 4.31 Å². The highest BCUT2D eigenvalue weighted by molar-refractivity contribution is 9.10. The Balaban J connectivity index is 2.48. The average molecular weight is 353 g/mol. The summed E-state index contributed by atoms with van der Waals surface area (Å²) in [6, 6.07) is 1.70. The number of anilines is 1. The number of nitrogens with zero attached hydrogens (tertiary/aromatic N) is 1. The molecule has 106 valence electrons. The molecule has 5 nitrogen and oxygen atoms in total. The van der Waals surface area contributed by atoms with Crippen LogP contribution in [0.1, 0.15) is 12.8 Å². The molecule has 2 rings (SSSR count). The molecule has 0 spiro atoms. The second-order valence-electron chi connectivity index (χ2n) is 4.40. The predicted octanol–water partition coefficient (Wildman–Crippen LogP) is 1.32. The van der Waals surface area contributed by atoms with Crippen LogP contribution in [0.15, 0.2) is 21.5 Å². The minimum Gasteiger partial charge on any atom is -0.398 e. The maximum absolute atomic E-state index is 13.3. The van der Waals surface area contributed by atoms with Gasteiger partial charge in [-0.2, -0.15) is 4.31 Å². The number of aliphatic hydroxyl groups excluding tert-OH is 1. The summed E-state index contributed by atoms with van der Waals surface area (Å²) in [4.78, 5) is -0.138. The van der Waals surface area contributed by atoms with Crippen LogP contribution < -0.4 is 5.73 Å². The number of halogens is 2. The van der Waals surface area contributed by atoms with Crippen molar-refractivity contribution in [1.82, 2.24) is 4.31 Å². The van der Waals surface area contributed by atoms with Gasteiger partial charge in [-0.3, -0.25) is 0 Å². The van der Waals surface area contributed by atoms with E-state index in [1.54, 1.807) is 0 Å². The molecule has 0 bridgehead atoms. The molecule has 1 heterocycles. The normalized spacial score (nSPS) is 20.9. The van der Waals surface area contributed by atoms with E-state index in [9.17, 15) is 17.9 Å². The molecule has 19 heavy (non-hydrogen) atoms. The van der Waals surface area contributed by atoms with Crippen molar-refractivity contribution < 1.29 is 17.9 Å². The number of hydrogen-bond acceptors (Lipinski definition) is 4. The first-order valence-electron chi connectivity index (χ1n) is 5.75. The quantitative estimate of drug-likeness (QED) is 0.803. The van der Waals surface area contributed by atoms with Gasteiger partial charge in [-0.25, -0.2) is 12.8 Å². The molecule has 0 radical (unpaired) electrons. The molecule has 1 aromatic rings. The van der Waals surface area contributed by atoms with Crippen LogP contribution >= 0.6 is 15.9 Å². The van der Waals surface area contributed by atoms with Gasteiger partial charge in [-0.15, -0.1) is 0 Å². The van der Waals surface area contributed by atoms with Crippen molar-refractivity contribution in [2.24, 2.45) is 0 Å². The maximum Gasteiger partial charge on any atom is 0.245 e. The number of sulfonamides is 1. The van der Waals surface area contributed by atoms with E-state index in [4.69, 9.17) is 5.73 Å². The third-order valence-electron chi connectivity index (χ3n) is 3.17. The van der Waals surface area contributed by atoms with Gasteiger partial charge in [0, 0.05) is 12.6 Å². The van der Waals surface area contributed by atoms with Gasteiger partial charge in [0.15, 0.2) is 0 Å². The summed E-state index contributed by atoms with van der Waals surface area (Å²) in [5.74, 6) is -0.614. The lowest BCUT2D eigenvalue weighted by atomic mass is 10.2. The fraction of sp³-hybridized carbons (Fsp3) is 0.455. The lowest BCUT2D eigenvalue weighted by Gasteiger charge is -2.23. The second kappa shape index (κ2) is 5.35. The van der Waals surface area contributed by atoms with Crippen molar-refractivity contribution >= 4 is 31.6 Å². The zero-order valence-corrected chi connectivity index (χ0v) is 12.4. The van der Waals surface area contributed by atoms with Gasteiger partial charge in [0.25, 0.3) is 0 Å². The Hall–Kier alpha value is -0.700. The van der Waals surface area contributed by atoms with Crippen molar-refractivity contribution in [3.8, 4) is 0 Å². The largest absolute Gasteiger partial charge is 0.398 e. The molecule has 0 aliphatic carbocycles. The van der Waals surface area contributed by atoms with E-state index < -0.39 is 21.9 Å². The minimum atomic E-state index is -3.82. The fourth-order valence-corrected chi connectivity index (χ4v) is 4.51. The highest BCUT2D eigenvalue weighted by atomic mass is 79.9. The van der Waals surface area contributed by atoms with Crippen molar-refractivity contribution in [2.45, 2.75) is 23.8 Å². The molecule has 1 aliphatic heterocycles. The van der Waals surface area contributed by atoms with Crippen LogP contribution in [-0.2, 0) is 10.0 Å². The summed E-state index contributed by atoms with van der Waals surface area (Å²) in [5, 5.41) is 9.21. The molecule has 0 saturated carbocycles. The molecule has 8 heteroatoms. The molecule has 1 fully saturated rings. The molecule has 0 unspecified atom stereocenters. The average Bonchev–Trinajstić information content (AvgIpc) is 2.82. The first-order valence-corrected chi connectivity index (χ1v) is 7.98. The maximum atomic E-state index is 13.3. The Morgan fingerprint density at radius 3 is 2.84 bits per heavy atom. The van der Waals surface area contributed by atoms with E-state index >= 15 is 0 Å². The van der Waals surface area contributed by atoms with Crippen LogP contribution in [0.3, 0.4) is 0 Å². The van der Waals surface area contributed by atoms with Gasteiger partial charge in [0.05, 0.1) is 16.8 Å². The fourth-order valence-electron chi connectivity index (χ4n) is 2.20. The number of nitrogen functional groups attached to an aromatic ring is 1. The Morgan fingerprint density at radius 2 is 2.21 bits per heavy atom. The molecule has 0 aromatic heterocycles. The zero-order valence-electron chi connectivity index (χ0n) is 10.0. The van der Waals surface area contributed by atoms with Crippen molar-refractivity contribution in [1.29, 1.82) is 0 Å². The van der Waals surface area contributed by atoms with E-state index in [0.29, 0.717) is 19.4 Å². The minimum absolute atomic E-state index is 0.0417. The molecule has 0 amide bonds. The molecule has 1 atom stereocenters. The van der Waals surface area contributed by atoms with Crippen LogP contribution in [0.5, 0.6) is 0 Å². The molecule has 1 aliphatic rings. The standard InChI is InChI=1S/C11H14BrFN2O3S/c12-8-4-11(10(14)5-9(8)13)19(17,18)15-3-1-2-7(15)6-16/h4-5,7,16H,1-3,6,14H2/t7-/m0/s1. The monoisotopic (exact) mass is 352 g/mol.